The van der Waals surface area contributed by atoms with Crippen molar-refractivity contribution in [3.8, 4) is 22.6 Å². The molecule has 0 saturated carbocycles. The van der Waals surface area contributed by atoms with Crippen molar-refractivity contribution in [1.29, 1.82) is 0 Å². The maximum Gasteiger partial charge on any atom is 0.269 e. The second-order valence-corrected chi connectivity index (χ2v) is 4.59. The van der Waals surface area contributed by atoms with Crippen LogP contribution >= 0.6 is 0 Å². The molecule has 0 aliphatic heterocycles. The summed E-state index contributed by atoms with van der Waals surface area (Å²) in [5.41, 5.74) is 1.89. The van der Waals surface area contributed by atoms with Crippen molar-refractivity contribution in [2.45, 2.75) is 0 Å². The molecule has 3 rings (SSSR count). The number of aromatic nitrogens is 1. The van der Waals surface area contributed by atoms with E-state index in [0.717, 1.165) is 11.1 Å². The van der Waals surface area contributed by atoms with Gasteiger partial charge in [0.2, 0.25) is 0 Å². The maximum atomic E-state index is 10.7. The number of hydrogen-bond donors (Lipinski definition) is 0. The van der Waals surface area contributed by atoms with Gasteiger partial charge in [0.25, 0.3) is 5.69 Å². The van der Waals surface area contributed by atoms with Crippen LogP contribution in [0.4, 0.5) is 5.69 Å². The molecule has 0 spiro atoms. The molecule has 0 radical (unpaired) electrons. The summed E-state index contributed by atoms with van der Waals surface area (Å²) in [6.45, 7) is 0. The highest BCUT2D eigenvalue weighted by molar-refractivity contribution is 5.69. The summed E-state index contributed by atoms with van der Waals surface area (Å²) in [5.74, 6) is 1.18. The molecular weight excluding hydrogens is 280 g/mol. The fraction of sp³-hybridized carbons (Fsp3) is 0. The van der Waals surface area contributed by atoms with Crippen LogP contribution in [0.3, 0.4) is 0 Å². The normalized spacial score (nSPS) is 10.2. The van der Waals surface area contributed by atoms with Gasteiger partial charge in [-0.05, 0) is 23.8 Å². The molecule has 1 heterocycles. The van der Waals surface area contributed by atoms with Crippen LogP contribution in [0.25, 0.3) is 11.1 Å². The van der Waals surface area contributed by atoms with Crippen molar-refractivity contribution < 1.29 is 9.66 Å². The highest BCUT2D eigenvalue weighted by Crippen LogP contribution is 2.32. The molecule has 22 heavy (non-hydrogen) atoms. The zero-order valence-electron chi connectivity index (χ0n) is 11.5. The van der Waals surface area contributed by atoms with E-state index in [9.17, 15) is 10.1 Å². The van der Waals surface area contributed by atoms with Crippen molar-refractivity contribution in [1.82, 2.24) is 4.98 Å². The Bertz CT molecular complexity index is 787. The van der Waals surface area contributed by atoms with Gasteiger partial charge in [-0.2, -0.15) is 0 Å². The van der Waals surface area contributed by atoms with Gasteiger partial charge < -0.3 is 4.74 Å². The van der Waals surface area contributed by atoms with E-state index in [2.05, 4.69) is 4.98 Å². The first-order valence-corrected chi connectivity index (χ1v) is 6.66. The molecule has 0 unspecified atom stereocenters. The van der Waals surface area contributed by atoms with Gasteiger partial charge in [0.05, 0.1) is 4.92 Å². The van der Waals surface area contributed by atoms with Crippen LogP contribution in [0, 0.1) is 10.1 Å². The van der Waals surface area contributed by atoms with Gasteiger partial charge in [-0.25, -0.2) is 0 Å². The highest BCUT2D eigenvalue weighted by Gasteiger charge is 2.09. The Morgan fingerprint density at radius 2 is 1.68 bits per heavy atom. The van der Waals surface area contributed by atoms with Crippen molar-refractivity contribution >= 4 is 5.69 Å². The number of nitro groups is 1. The summed E-state index contributed by atoms with van der Waals surface area (Å²) in [6.07, 6.45) is 3.38. The van der Waals surface area contributed by atoms with Crippen molar-refractivity contribution in [3.05, 3.63) is 83.2 Å². The number of non-ortho nitro benzene ring substituents is 1. The van der Waals surface area contributed by atoms with Crippen molar-refractivity contribution in [3.63, 3.8) is 0 Å². The summed E-state index contributed by atoms with van der Waals surface area (Å²) in [4.78, 5) is 14.4. The van der Waals surface area contributed by atoms with Crippen LogP contribution in [0.15, 0.2) is 73.1 Å². The van der Waals surface area contributed by atoms with Gasteiger partial charge in [-0.3, -0.25) is 15.1 Å². The third kappa shape index (κ3) is 2.93. The van der Waals surface area contributed by atoms with E-state index >= 15 is 0 Å². The summed E-state index contributed by atoms with van der Waals surface area (Å²) in [5, 5.41) is 10.7. The minimum Gasteiger partial charge on any atom is -0.457 e. The third-order valence-electron chi connectivity index (χ3n) is 3.14. The number of rotatable bonds is 4. The van der Waals surface area contributed by atoms with Gasteiger partial charge in [-0.1, -0.05) is 30.3 Å². The summed E-state index contributed by atoms with van der Waals surface area (Å²) >= 11 is 0. The predicted octanol–water partition coefficient (Wildman–Crippen LogP) is 4.45. The summed E-state index contributed by atoms with van der Waals surface area (Å²) < 4.78 is 5.84. The second-order valence-electron chi connectivity index (χ2n) is 4.59. The summed E-state index contributed by atoms with van der Waals surface area (Å²) in [7, 11) is 0. The lowest BCUT2D eigenvalue weighted by molar-refractivity contribution is -0.384. The third-order valence-corrected chi connectivity index (χ3v) is 3.14. The molecule has 0 aliphatic carbocycles. The molecule has 0 N–H and O–H groups in total. The average molecular weight is 292 g/mol. The van der Waals surface area contributed by atoms with Crippen molar-refractivity contribution in [2.24, 2.45) is 0 Å². The van der Waals surface area contributed by atoms with Gasteiger partial charge in [0.1, 0.15) is 11.5 Å². The topological polar surface area (TPSA) is 65.3 Å². The lowest BCUT2D eigenvalue weighted by Crippen LogP contribution is -1.91. The first kappa shape index (κ1) is 13.8. The maximum absolute atomic E-state index is 10.7. The number of pyridine rings is 1. The molecule has 108 valence electrons. The molecule has 0 atom stereocenters. The fourth-order valence-corrected chi connectivity index (χ4v) is 2.07. The number of nitrogens with zero attached hydrogens (tertiary/aromatic N) is 2. The van der Waals surface area contributed by atoms with Crippen LogP contribution in [-0.4, -0.2) is 9.91 Å². The van der Waals surface area contributed by atoms with Crippen LogP contribution in [-0.2, 0) is 0 Å². The molecule has 0 amide bonds. The van der Waals surface area contributed by atoms with Gasteiger partial charge in [0, 0.05) is 30.1 Å². The summed E-state index contributed by atoms with van der Waals surface area (Å²) in [6, 6.07) is 17.5. The molecule has 0 aliphatic rings. The minimum atomic E-state index is -0.439. The number of hydrogen-bond acceptors (Lipinski definition) is 4. The minimum absolute atomic E-state index is 0.0327. The van der Waals surface area contributed by atoms with E-state index in [1.54, 1.807) is 30.6 Å². The molecular formula is C17H12N2O3. The van der Waals surface area contributed by atoms with E-state index in [4.69, 9.17) is 4.74 Å². The molecule has 5 nitrogen and oxygen atoms in total. The SMILES string of the molecule is O=[N+]([O-])c1ccc(Oc2ccncc2-c2ccccc2)cc1. The lowest BCUT2D eigenvalue weighted by atomic mass is 10.1. The Labute approximate surface area is 127 Å². The average Bonchev–Trinajstić information content (AvgIpc) is 2.57. The van der Waals surface area contributed by atoms with Crippen LogP contribution in [0.1, 0.15) is 0 Å². The first-order chi connectivity index (χ1) is 10.7. The van der Waals surface area contributed by atoms with Gasteiger partial charge >= 0.3 is 0 Å². The standard InChI is InChI=1S/C17H12N2O3/c20-19(21)14-6-8-15(9-7-14)22-17-10-11-18-12-16(17)13-4-2-1-3-5-13/h1-12H. The highest BCUT2D eigenvalue weighted by atomic mass is 16.6. The van der Waals surface area contributed by atoms with E-state index in [1.807, 2.05) is 30.3 Å². The number of ether oxygens (including phenoxy) is 1. The monoisotopic (exact) mass is 292 g/mol. The molecule has 2 aromatic carbocycles. The Kier molecular flexibility index (Phi) is 3.78. The first-order valence-electron chi connectivity index (χ1n) is 6.66. The largest absolute Gasteiger partial charge is 0.457 e. The van der Waals surface area contributed by atoms with Crippen LogP contribution < -0.4 is 4.74 Å². The fourth-order valence-electron chi connectivity index (χ4n) is 2.07. The number of nitro benzene ring substituents is 1. The molecule has 0 saturated heterocycles. The Hall–Kier alpha value is -3.21. The Balaban J connectivity index is 1.91. The molecule has 5 heteroatoms. The Morgan fingerprint density at radius 3 is 2.36 bits per heavy atom. The quantitative estimate of drug-likeness (QED) is 0.526. The van der Waals surface area contributed by atoms with Crippen molar-refractivity contribution in [2.75, 3.05) is 0 Å². The van der Waals surface area contributed by atoms with Crippen LogP contribution in [0.5, 0.6) is 11.5 Å². The van der Waals surface area contributed by atoms with E-state index in [1.165, 1.54) is 12.1 Å². The predicted molar refractivity (Wildman–Crippen MR) is 82.8 cm³/mol. The van der Waals surface area contributed by atoms with E-state index < -0.39 is 4.92 Å². The molecule has 0 fully saturated rings. The smallest absolute Gasteiger partial charge is 0.269 e. The van der Waals surface area contributed by atoms with Crippen LogP contribution in [0.2, 0.25) is 0 Å². The van der Waals surface area contributed by atoms with E-state index in [0.29, 0.717) is 11.5 Å². The van der Waals surface area contributed by atoms with Gasteiger partial charge in [0.15, 0.2) is 0 Å². The lowest BCUT2D eigenvalue weighted by Gasteiger charge is -2.10. The zero-order chi connectivity index (χ0) is 15.4. The second kappa shape index (κ2) is 6.05. The van der Waals surface area contributed by atoms with Gasteiger partial charge in [-0.15, -0.1) is 0 Å². The zero-order valence-corrected chi connectivity index (χ0v) is 11.5. The molecule has 3 aromatic rings. The molecule has 0 bridgehead atoms. The molecule has 1 aromatic heterocycles. The Morgan fingerprint density at radius 1 is 0.955 bits per heavy atom. The van der Waals surface area contributed by atoms with E-state index in [-0.39, 0.29) is 5.69 Å². The number of benzene rings is 2.